The lowest BCUT2D eigenvalue weighted by molar-refractivity contribution is -0.136. The summed E-state index contributed by atoms with van der Waals surface area (Å²) in [5.41, 5.74) is -0.914. The zero-order chi connectivity index (χ0) is 19.6. The maximum Gasteiger partial charge on any atom is 0.387 e. The molecule has 1 spiro atoms. The molecule has 3 rings (SSSR count). The highest BCUT2D eigenvalue weighted by molar-refractivity contribution is 6.10. The van der Waals surface area contributed by atoms with Crippen molar-refractivity contribution in [3.8, 4) is 5.75 Å². The van der Waals surface area contributed by atoms with E-state index in [0.29, 0.717) is 6.42 Å². The molecule has 1 saturated heterocycles. The second kappa shape index (κ2) is 7.50. The highest BCUT2D eigenvalue weighted by Crippen LogP contribution is 2.38. The molecule has 9 heteroatoms. The van der Waals surface area contributed by atoms with Crippen LogP contribution in [0.15, 0.2) is 24.3 Å². The van der Waals surface area contributed by atoms with Gasteiger partial charge in [-0.25, -0.2) is 4.79 Å². The largest absolute Gasteiger partial charge is 0.433 e. The Hall–Kier alpha value is -2.71. The van der Waals surface area contributed by atoms with Gasteiger partial charge in [-0.2, -0.15) is 8.78 Å². The van der Waals surface area contributed by atoms with Crippen LogP contribution in [0.3, 0.4) is 0 Å². The Bertz CT molecular complexity index is 758. The number of nitrogens with zero attached hydrogens (tertiary/aromatic N) is 1. The summed E-state index contributed by atoms with van der Waals surface area (Å²) in [4.78, 5) is 38.3. The monoisotopic (exact) mass is 381 g/mol. The van der Waals surface area contributed by atoms with Gasteiger partial charge in [0.15, 0.2) is 0 Å². The third-order valence-corrected chi connectivity index (χ3v) is 5.18. The van der Waals surface area contributed by atoms with Gasteiger partial charge < -0.3 is 15.4 Å². The number of alkyl halides is 2. The van der Waals surface area contributed by atoms with Gasteiger partial charge in [0, 0.05) is 0 Å². The van der Waals surface area contributed by atoms with Crippen LogP contribution in [-0.2, 0) is 9.59 Å². The number of halogens is 2. The molecule has 1 saturated carbocycles. The molecule has 1 aromatic carbocycles. The number of ether oxygens (including phenoxy) is 1. The van der Waals surface area contributed by atoms with E-state index in [2.05, 4.69) is 15.4 Å². The Labute approximate surface area is 155 Å². The van der Waals surface area contributed by atoms with Gasteiger partial charge in [0.1, 0.15) is 17.8 Å². The number of rotatable bonds is 5. The van der Waals surface area contributed by atoms with Crippen LogP contribution in [0.5, 0.6) is 5.75 Å². The van der Waals surface area contributed by atoms with E-state index in [9.17, 15) is 23.2 Å². The number of benzene rings is 1. The number of anilines is 1. The number of para-hydroxylation sites is 2. The van der Waals surface area contributed by atoms with Crippen molar-refractivity contribution in [3.63, 3.8) is 0 Å². The van der Waals surface area contributed by atoms with Crippen molar-refractivity contribution in [1.82, 2.24) is 10.2 Å². The van der Waals surface area contributed by atoms with Crippen LogP contribution < -0.4 is 15.4 Å². The van der Waals surface area contributed by atoms with Gasteiger partial charge in [0.25, 0.3) is 5.91 Å². The molecule has 0 unspecified atom stereocenters. The lowest BCUT2D eigenvalue weighted by atomic mass is 9.73. The van der Waals surface area contributed by atoms with Gasteiger partial charge in [-0.15, -0.1) is 0 Å². The molecule has 146 valence electrons. The average Bonchev–Trinajstić information content (AvgIpc) is 2.84. The van der Waals surface area contributed by atoms with E-state index < -0.39 is 36.5 Å². The predicted molar refractivity (Wildman–Crippen MR) is 92.3 cm³/mol. The summed E-state index contributed by atoms with van der Waals surface area (Å²) in [5, 5.41) is 5.17. The van der Waals surface area contributed by atoms with Gasteiger partial charge in [-0.3, -0.25) is 14.5 Å². The number of urea groups is 1. The van der Waals surface area contributed by atoms with E-state index in [1.165, 1.54) is 18.2 Å². The first-order valence-corrected chi connectivity index (χ1v) is 8.81. The van der Waals surface area contributed by atoms with Crippen LogP contribution in [0, 0.1) is 5.92 Å². The summed E-state index contributed by atoms with van der Waals surface area (Å²) in [6, 6.07) is 5.10. The number of imide groups is 1. The molecule has 7 nitrogen and oxygen atoms in total. The van der Waals surface area contributed by atoms with Crippen LogP contribution in [0.25, 0.3) is 0 Å². The molecule has 1 heterocycles. The van der Waals surface area contributed by atoms with E-state index in [0.717, 1.165) is 24.2 Å². The summed E-state index contributed by atoms with van der Waals surface area (Å²) in [5.74, 6) is -1.30. The van der Waals surface area contributed by atoms with Gasteiger partial charge >= 0.3 is 12.6 Å². The smallest absolute Gasteiger partial charge is 0.387 e. The van der Waals surface area contributed by atoms with E-state index in [1.807, 2.05) is 6.92 Å². The molecule has 1 aliphatic carbocycles. The normalized spacial score (nSPS) is 25.0. The Morgan fingerprint density at radius 2 is 2.11 bits per heavy atom. The fraction of sp³-hybridized carbons (Fsp3) is 0.500. The molecule has 2 aliphatic rings. The second-order valence-corrected chi connectivity index (χ2v) is 6.86. The van der Waals surface area contributed by atoms with Crippen LogP contribution in [0.1, 0.15) is 32.6 Å². The van der Waals surface area contributed by atoms with Crippen molar-refractivity contribution < 1.29 is 27.9 Å². The van der Waals surface area contributed by atoms with Gasteiger partial charge in [0.05, 0.1) is 5.69 Å². The molecule has 0 radical (unpaired) electrons. The molecule has 0 aromatic heterocycles. The van der Waals surface area contributed by atoms with Crippen molar-refractivity contribution in [2.24, 2.45) is 5.92 Å². The van der Waals surface area contributed by atoms with Crippen molar-refractivity contribution in [2.75, 3.05) is 11.9 Å². The van der Waals surface area contributed by atoms with E-state index >= 15 is 0 Å². The molecule has 0 bridgehead atoms. The van der Waals surface area contributed by atoms with Crippen molar-refractivity contribution in [2.45, 2.75) is 44.8 Å². The number of amides is 4. The first-order valence-electron chi connectivity index (χ1n) is 8.81. The maximum absolute atomic E-state index is 12.8. The Balaban J connectivity index is 1.70. The molecule has 2 N–H and O–H groups in total. The zero-order valence-corrected chi connectivity index (χ0v) is 14.8. The van der Waals surface area contributed by atoms with E-state index in [1.54, 1.807) is 6.07 Å². The Morgan fingerprint density at radius 1 is 1.37 bits per heavy atom. The van der Waals surface area contributed by atoms with Crippen LogP contribution in [0.2, 0.25) is 0 Å². The average molecular weight is 381 g/mol. The lowest BCUT2D eigenvalue weighted by Crippen LogP contribution is -2.54. The number of carbonyl (C=O) groups is 3. The number of hydrogen-bond donors (Lipinski definition) is 2. The minimum atomic E-state index is -3.04. The molecule has 2 fully saturated rings. The number of nitrogens with one attached hydrogen (secondary N) is 2. The molecular formula is C18H21F2N3O4. The third kappa shape index (κ3) is 3.72. The Kier molecular flexibility index (Phi) is 5.29. The highest BCUT2D eigenvalue weighted by atomic mass is 19.3. The quantitative estimate of drug-likeness (QED) is 0.768. The van der Waals surface area contributed by atoms with E-state index in [4.69, 9.17) is 0 Å². The summed E-state index contributed by atoms with van der Waals surface area (Å²) in [6.45, 7) is -1.62. The summed E-state index contributed by atoms with van der Waals surface area (Å²) in [6.07, 6.45) is 3.19. The molecule has 2 atom stereocenters. The third-order valence-electron chi connectivity index (χ3n) is 5.18. The number of carbonyl (C=O) groups excluding carboxylic acids is 3. The van der Waals surface area contributed by atoms with E-state index in [-0.39, 0.29) is 17.4 Å². The molecule has 27 heavy (non-hydrogen) atoms. The Morgan fingerprint density at radius 3 is 2.81 bits per heavy atom. The standard InChI is InChI=1S/C18H21F2N3O4/c1-11-6-4-5-9-18(11)15(25)23(17(26)22-18)10-14(24)21-12-7-2-3-8-13(12)27-16(19)20/h2-3,7-8,11,16H,4-6,9-10H2,1H3,(H,21,24)(H,22,26)/t11-,18-/m0/s1. The molecule has 1 aromatic rings. The van der Waals surface area contributed by atoms with Crippen molar-refractivity contribution in [1.29, 1.82) is 0 Å². The molecule has 4 amide bonds. The van der Waals surface area contributed by atoms with Crippen molar-refractivity contribution in [3.05, 3.63) is 24.3 Å². The minimum absolute atomic E-state index is 0.0177. The van der Waals surface area contributed by atoms with Crippen molar-refractivity contribution >= 4 is 23.5 Å². The van der Waals surface area contributed by atoms with Crippen LogP contribution in [-0.4, -0.2) is 41.4 Å². The first-order chi connectivity index (χ1) is 12.8. The maximum atomic E-state index is 12.8. The second-order valence-electron chi connectivity index (χ2n) is 6.86. The zero-order valence-electron chi connectivity index (χ0n) is 14.8. The van der Waals surface area contributed by atoms with Gasteiger partial charge in [-0.1, -0.05) is 31.9 Å². The fourth-order valence-corrected chi connectivity index (χ4v) is 3.74. The topological polar surface area (TPSA) is 87.7 Å². The molecule has 1 aliphatic heterocycles. The SMILES string of the molecule is C[C@H]1CCCC[C@]12NC(=O)N(CC(=O)Nc1ccccc1OC(F)F)C2=O. The van der Waals surface area contributed by atoms with Gasteiger partial charge in [0.2, 0.25) is 5.91 Å². The number of hydrogen-bond acceptors (Lipinski definition) is 4. The molecular weight excluding hydrogens is 360 g/mol. The van der Waals surface area contributed by atoms with Crippen LogP contribution >= 0.6 is 0 Å². The van der Waals surface area contributed by atoms with Crippen LogP contribution in [0.4, 0.5) is 19.3 Å². The lowest BCUT2D eigenvalue weighted by Gasteiger charge is -2.36. The minimum Gasteiger partial charge on any atom is -0.433 e. The van der Waals surface area contributed by atoms with Gasteiger partial charge in [-0.05, 0) is 30.9 Å². The summed E-state index contributed by atoms with van der Waals surface area (Å²) >= 11 is 0. The summed E-state index contributed by atoms with van der Waals surface area (Å²) < 4.78 is 29.3. The first kappa shape index (κ1) is 19.1. The highest BCUT2D eigenvalue weighted by Gasteiger charge is 2.55. The predicted octanol–water partition coefficient (Wildman–Crippen LogP) is 2.73. The summed E-state index contributed by atoms with van der Waals surface area (Å²) in [7, 11) is 0. The fourth-order valence-electron chi connectivity index (χ4n) is 3.74.